The van der Waals surface area contributed by atoms with Gasteiger partial charge in [-0.3, -0.25) is 9.78 Å². The van der Waals surface area contributed by atoms with Gasteiger partial charge in [0.05, 0.1) is 23.3 Å². The van der Waals surface area contributed by atoms with Gasteiger partial charge in [0.25, 0.3) is 5.91 Å². The van der Waals surface area contributed by atoms with E-state index in [1.165, 1.54) is 0 Å². The van der Waals surface area contributed by atoms with Gasteiger partial charge in [0, 0.05) is 16.1 Å². The number of carbonyl (C=O) groups excluding carboxylic acids is 1. The number of benzene rings is 2. The Morgan fingerprint density at radius 3 is 2.67 bits per heavy atom. The number of anilines is 1. The van der Waals surface area contributed by atoms with Gasteiger partial charge in [-0.1, -0.05) is 29.8 Å². The Bertz CT molecular complexity index is 861. The standard InChI is InChI=1S/C17H11ClN2O/c18-12-6-7-15-11(8-12)9-14-16(19-15)10-20(17(14)21)13-4-2-1-3-5-13/h1-9H,10H2. The smallest absolute Gasteiger partial charge is 0.260 e. The van der Waals surface area contributed by atoms with E-state index in [1.54, 1.807) is 4.90 Å². The highest BCUT2D eigenvalue weighted by molar-refractivity contribution is 6.31. The summed E-state index contributed by atoms with van der Waals surface area (Å²) < 4.78 is 0. The predicted molar refractivity (Wildman–Crippen MR) is 83.7 cm³/mol. The van der Waals surface area contributed by atoms with Crippen molar-refractivity contribution >= 4 is 34.1 Å². The van der Waals surface area contributed by atoms with E-state index in [2.05, 4.69) is 4.98 Å². The highest BCUT2D eigenvalue weighted by Crippen LogP contribution is 2.30. The topological polar surface area (TPSA) is 33.2 Å². The Hall–Kier alpha value is -2.39. The lowest BCUT2D eigenvalue weighted by Crippen LogP contribution is -2.22. The van der Waals surface area contributed by atoms with Crippen LogP contribution in [-0.4, -0.2) is 10.9 Å². The second kappa shape index (κ2) is 4.57. The fourth-order valence-corrected chi connectivity index (χ4v) is 2.86. The largest absolute Gasteiger partial charge is 0.302 e. The van der Waals surface area contributed by atoms with Crippen LogP contribution in [0.4, 0.5) is 5.69 Å². The molecule has 21 heavy (non-hydrogen) atoms. The van der Waals surface area contributed by atoms with Gasteiger partial charge in [-0.15, -0.1) is 0 Å². The first-order valence-corrected chi connectivity index (χ1v) is 7.06. The third kappa shape index (κ3) is 1.98. The van der Waals surface area contributed by atoms with Crippen LogP contribution in [0.15, 0.2) is 54.6 Å². The average molecular weight is 295 g/mol. The lowest BCUT2D eigenvalue weighted by atomic mass is 10.1. The minimum Gasteiger partial charge on any atom is -0.302 e. The summed E-state index contributed by atoms with van der Waals surface area (Å²) in [5.41, 5.74) is 3.23. The number of hydrogen-bond acceptors (Lipinski definition) is 2. The number of para-hydroxylation sites is 1. The van der Waals surface area contributed by atoms with Gasteiger partial charge in [0.15, 0.2) is 0 Å². The Balaban J connectivity index is 1.84. The van der Waals surface area contributed by atoms with Gasteiger partial charge in [0.1, 0.15) is 0 Å². The summed E-state index contributed by atoms with van der Waals surface area (Å²) in [4.78, 5) is 18.9. The SMILES string of the molecule is O=C1c2cc3cc(Cl)ccc3nc2CN1c1ccccc1. The number of fused-ring (bicyclic) bond motifs is 2. The Labute approximate surface area is 126 Å². The maximum Gasteiger partial charge on any atom is 0.260 e. The Morgan fingerprint density at radius 2 is 1.86 bits per heavy atom. The van der Waals surface area contributed by atoms with Crippen molar-refractivity contribution in [1.29, 1.82) is 0 Å². The summed E-state index contributed by atoms with van der Waals surface area (Å²) in [5.74, 6) is -0.00873. The average Bonchev–Trinajstić information content (AvgIpc) is 2.83. The number of carbonyl (C=O) groups is 1. The van der Waals surface area contributed by atoms with Crippen LogP contribution in [0.25, 0.3) is 10.9 Å². The van der Waals surface area contributed by atoms with Crippen molar-refractivity contribution in [2.75, 3.05) is 4.90 Å². The molecular formula is C17H11ClN2O. The van der Waals surface area contributed by atoms with Gasteiger partial charge in [-0.2, -0.15) is 0 Å². The molecule has 2 aromatic carbocycles. The van der Waals surface area contributed by atoms with Crippen LogP contribution in [0.1, 0.15) is 16.1 Å². The van der Waals surface area contributed by atoms with Crippen molar-refractivity contribution < 1.29 is 4.79 Å². The molecule has 0 aliphatic carbocycles. The predicted octanol–water partition coefficient (Wildman–Crippen LogP) is 4.05. The van der Waals surface area contributed by atoms with Crippen LogP contribution in [-0.2, 0) is 6.54 Å². The van der Waals surface area contributed by atoms with Crippen LogP contribution >= 0.6 is 11.6 Å². The monoisotopic (exact) mass is 294 g/mol. The first-order chi connectivity index (χ1) is 10.2. The molecule has 0 spiro atoms. The number of pyridine rings is 1. The zero-order valence-electron chi connectivity index (χ0n) is 11.1. The summed E-state index contributed by atoms with van der Waals surface area (Å²) in [6, 6.07) is 17.1. The molecule has 0 N–H and O–H groups in total. The second-order valence-corrected chi connectivity index (χ2v) is 5.48. The molecule has 0 radical (unpaired) electrons. The van der Waals surface area contributed by atoms with Crippen LogP contribution in [0.2, 0.25) is 5.02 Å². The molecule has 0 saturated heterocycles. The van der Waals surface area contributed by atoms with E-state index in [0.717, 1.165) is 22.3 Å². The lowest BCUT2D eigenvalue weighted by molar-refractivity contribution is 0.0996. The molecule has 4 heteroatoms. The summed E-state index contributed by atoms with van der Waals surface area (Å²) in [7, 11) is 0. The minimum absolute atomic E-state index is 0.00873. The molecule has 0 bridgehead atoms. The summed E-state index contributed by atoms with van der Waals surface area (Å²) in [5, 5.41) is 1.54. The molecule has 1 amide bonds. The summed E-state index contributed by atoms with van der Waals surface area (Å²) in [6.45, 7) is 0.511. The molecule has 3 nitrogen and oxygen atoms in total. The van der Waals surface area contributed by atoms with Gasteiger partial charge in [-0.25, -0.2) is 0 Å². The first-order valence-electron chi connectivity index (χ1n) is 6.68. The van der Waals surface area contributed by atoms with E-state index < -0.39 is 0 Å². The molecule has 4 rings (SSSR count). The van der Waals surface area contributed by atoms with E-state index in [-0.39, 0.29) is 5.91 Å². The zero-order chi connectivity index (χ0) is 14.4. The molecule has 0 fully saturated rings. The van der Waals surface area contributed by atoms with E-state index >= 15 is 0 Å². The van der Waals surface area contributed by atoms with E-state index in [1.807, 2.05) is 54.6 Å². The van der Waals surface area contributed by atoms with E-state index in [0.29, 0.717) is 17.1 Å². The molecule has 2 heterocycles. The lowest BCUT2D eigenvalue weighted by Gasteiger charge is -2.14. The Kier molecular flexibility index (Phi) is 2.69. The summed E-state index contributed by atoms with van der Waals surface area (Å²) in [6.07, 6.45) is 0. The maximum atomic E-state index is 12.6. The third-order valence-electron chi connectivity index (χ3n) is 3.71. The van der Waals surface area contributed by atoms with Gasteiger partial charge < -0.3 is 4.90 Å². The number of nitrogens with zero attached hydrogens (tertiary/aromatic N) is 2. The molecule has 1 aliphatic rings. The molecular weight excluding hydrogens is 284 g/mol. The molecule has 0 atom stereocenters. The number of amides is 1. The molecule has 0 unspecified atom stereocenters. The maximum absolute atomic E-state index is 12.6. The number of hydrogen-bond donors (Lipinski definition) is 0. The molecule has 1 aromatic heterocycles. The van der Waals surface area contributed by atoms with Crippen LogP contribution in [0.5, 0.6) is 0 Å². The van der Waals surface area contributed by atoms with Gasteiger partial charge >= 0.3 is 0 Å². The number of aromatic nitrogens is 1. The van der Waals surface area contributed by atoms with Crippen molar-refractivity contribution in [3.63, 3.8) is 0 Å². The minimum atomic E-state index is -0.00873. The quantitative estimate of drug-likeness (QED) is 0.678. The van der Waals surface area contributed by atoms with Crippen molar-refractivity contribution in [1.82, 2.24) is 4.98 Å². The third-order valence-corrected chi connectivity index (χ3v) is 3.94. The van der Waals surface area contributed by atoms with Crippen molar-refractivity contribution in [3.05, 3.63) is 70.9 Å². The highest BCUT2D eigenvalue weighted by atomic mass is 35.5. The zero-order valence-corrected chi connectivity index (χ0v) is 11.8. The molecule has 102 valence electrons. The summed E-state index contributed by atoms with van der Waals surface area (Å²) >= 11 is 6.01. The van der Waals surface area contributed by atoms with Crippen LogP contribution < -0.4 is 4.90 Å². The Morgan fingerprint density at radius 1 is 1.05 bits per heavy atom. The van der Waals surface area contributed by atoms with E-state index in [9.17, 15) is 4.79 Å². The fourth-order valence-electron chi connectivity index (χ4n) is 2.68. The molecule has 3 aromatic rings. The van der Waals surface area contributed by atoms with Crippen molar-refractivity contribution in [2.24, 2.45) is 0 Å². The number of rotatable bonds is 1. The van der Waals surface area contributed by atoms with Gasteiger partial charge in [-0.05, 0) is 36.4 Å². The normalized spacial score (nSPS) is 13.8. The van der Waals surface area contributed by atoms with Crippen LogP contribution in [0, 0.1) is 0 Å². The van der Waals surface area contributed by atoms with Crippen LogP contribution in [0.3, 0.4) is 0 Å². The first kappa shape index (κ1) is 12.4. The molecule has 0 saturated carbocycles. The molecule has 1 aliphatic heterocycles. The van der Waals surface area contributed by atoms with Crippen molar-refractivity contribution in [3.8, 4) is 0 Å². The van der Waals surface area contributed by atoms with Crippen molar-refractivity contribution in [2.45, 2.75) is 6.54 Å². The number of halogens is 1. The second-order valence-electron chi connectivity index (χ2n) is 5.05. The fraction of sp³-hybridized carbons (Fsp3) is 0.0588. The van der Waals surface area contributed by atoms with Gasteiger partial charge in [0.2, 0.25) is 0 Å². The highest BCUT2D eigenvalue weighted by Gasteiger charge is 2.30. The van der Waals surface area contributed by atoms with E-state index in [4.69, 9.17) is 11.6 Å².